The Balaban J connectivity index is 3.48. The van der Waals surface area contributed by atoms with E-state index < -0.39 is 36.9 Å². The van der Waals surface area contributed by atoms with Gasteiger partial charge in [-0.25, -0.2) is 0 Å². The lowest BCUT2D eigenvalue weighted by Crippen LogP contribution is -2.53. The number of hydrogen-bond donors (Lipinski definition) is 5. The topological polar surface area (TPSA) is 110 Å². The SMILES string of the molecule is CCCCCCCCCC/C=C/CCCC(O)C(O)C(CO)NC(=O)C(O)CCCCCCCCCCCCCCCCCCCCCCCCCCCCCCCCCCCCCC. The zero-order chi connectivity index (χ0) is 47.4. The van der Waals surface area contributed by atoms with Crippen LogP contribution in [0.15, 0.2) is 12.2 Å². The van der Waals surface area contributed by atoms with Gasteiger partial charge in [-0.3, -0.25) is 4.79 Å². The number of aliphatic hydroxyl groups is 4. The van der Waals surface area contributed by atoms with Crippen LogP contribution in [-0.4, -0.2) is 57.3 Å². The molecule has 0 aliphatic carbocycles. The predicted octanol–water partition coefficient (Wildman–Crippen LogP) is 17.3. The summed E-state index contributed by atoms with van der Waals surface area (Å²) in [7, 11) is 0. The van der Waals surface area contributed by atoms with Gasteiger partial charge in [0.25, 0.3) is 0 Å². The van der Waals surface area contributed by atoms with Gasteiger partial charge in [-0.1, -0.05) is 302 Å². The molecule has 4 atom stereocenters. The molecule has 6 heteroatoms. The minimum atomic E-state index is -1.28. The Morgan fingerprint density at radius 1 is 0.369 bits per heavy atom. The third-order valence-electron chi connectivity index (χ3n) is 14.2. The standard InChI is InChI=1S/C59H117NO5/c1-3-5-7-9-11-13-15-17-18-19-20-21-22-23-24-25-26-27-28-29-30-31-32-33-34-35-36-37-38-39-41-43-45-47-49-51-53-57(63)59(65)60-55(54-61)58(64)56(62)52-50-48-46-44-42-40-16-14-12-10-8-6-4-2/h44,46,55-58,61-64H,3-43,45,47-54H2,1-2H3,(H,60,65)/b46-44+. The molecule has 0 aliphatic heterocycles. The number of hydrogen-bond acceptors (Lipinski definition) is 5. The number of rotatable bonds is 55. The molecule has 0 bridgehead atoms. The lowest BCUT2D eigenvalue weighted by Gasteiger charge is -2.27. The highest BCUT2D eigenvalue weighted by atomic mass is 16.3. The summed E-state index contributed by atoms with van der Waals surface area (Å²) in [6.07, 6.45) is 64.6. The molecular formula is C59H117NO5. The second-order valence-electron chi connectivity index (χ2n) is 20.7. The maximum Gasteiger partial charge on any atom is 0.249 e. The number of nitrogens with one attached hydrogen (secondary N) is 1. The Kier molecular flexibility index (Phi) is 53.2. The highest BCUT2D eigenvalue weighted by Crippen LogP contribution is 2.19. The summed E-state index contributed by atoms with van der Waals surface area (Å²) in [6.45, 7) is 4.06. The van der Waals surface area contributed by atoms with Crippen molar-refractivity contribution in [2.75, 3.05) is 6.61 Å². The van der Waals surface area contributed by atoms with Gasteiger partial charge in [0.2, 0.25) is 5.91 Å². The highest BCUT2D eigenvalue weighted by molar-refractivity contribution is 5.80. The quantitative estimate of drug-likeness (QED) is 0.0308. The Hall–Kier alpha value is -0.950. The van der Waals surface area contributed by atoms with E-state index in [4.69, 9.17) is 0 Å². The fourth-order valence-corrected chi connectivity index (χ4v) is 9.59. The molecule has 0 saturated heterocycles. The van der Waals surface area contributed by atoms with E-state index in [1.807, 2.05) is 0 Å². The minimum absolute atomic E-state index is 0.369. The van der Waals surface area contributed by atoms with E-state index in [-0.39, 0.29) is 0 Å². The summed E-state index contributed by atoms with van der Waals surface area (Å²) in [4.78, 5) is 12.6. The molecule has 0 rings (SSSR count). The summed E-state index contributed by atoms with van der Waals surface area (Å²) in [5.74, 6) is -0.588. The van der Waals surface area contributed by atoms with E-state index in [0.29, 0.717) is 12.8 Å². The summed E-state index contributed by atoms with van der Waals surface area (Å²) in [6, 6.07) is -0.998. The lowest BCUT2D eigenvalue weighted by molar-refractivity contribution is -0.132. The van der Waals surface area contributed by atoms with Crippen molar-refractivity contribution in [2.45, 2.75) is 353 Å². The molecule has 6 nitrogen and oxygen atoms in total. The van der Waals surface area contributed by atoms with Crippen molar-refractivity contribution in [2.24, 2.45) is 0 Å². The van der Waals surface area contributed by atoms with Crippen LogP contribution in [0.2, 0.25) is 0 Å². The molecule has 5 N–H and O–H groups in total. The number of carbonyl (C=O) groups is 1. The van der Waals surface area contributed by atoms with Crippen molar-refractivity contribution in [1.29, 1.82) is 0 Å². The van der Waals surface area contributed by atoms with E-state index in [2.05, 4.69) is 31.3 Å². The van der Waals surface area contributed by atoms with Crippen molar-refractivity contribution in [3.05, 3.63) is 12.2 Å². The predicted molar refractivity (Wildman–Crippen MR) is 284 cm³/mol. The summed E-state index contributed by atoms with van der Waals surface area (Å²) < 4.78 is 0. The van der Waals surface area contributed by atoms with Crippen molar-refractivity contribution in [3.63, 3.8) is 0 Å². The van der Waals surface area contributed by atoms with Gasteiger partial charge in [0.15, 0.2) is 0 Å². The van der Waals surface area contributed by atoms with Crippen LogP contribution in [-0.2, 0) is 4.79 Å². The largest absolute Gasteiger partial charge is 0.394 e. The van der Waals surface area contributed by atoms with Crippen LogP contribution in [0.3, 0.4) is 0 Å². The normalized spacial score (nSPS) is 13.8. The summed E-state index contributed by atoms with van der Waals surface area (Å²) in [5, 5.41) is 43.8. The Morgan fingerprint density at radius 3 is 0.923 bits per heavy atom. The molecular weight excluding hydrogens is 803 g/mol. The van der Waals surface area contributed by atoms with E-state index in [0.717, 1.165) is 38.5 Å². The Morgan fingerprint density at radius 2 is 0.631 bits per heavy atom. The molecule has 0 heterocycles. The number of allylic oxidation sites excluding steroid dienone is 2. The van der Waals surface area contributed by atoms with Crippen molar-refractivity contribution >= 4 is 5.91 Å². The van der Waals surface area contributed by atoms with Crippen LogP contribution in [0.4, 0.5) is 0 Å². The van der Waals surface area contributed by atoms with E-state index in [1.165, 1.54) is 263 Å². The van der Waals surface area contributed by atoms with Crippen LogP contribution in [0.25, 0.3) is 0 Å². The molecule has 0 aromatic rings. The first kappa shape index (κ1) is 64.0. The van der Waals surface area contributed by atoms with Gasteiger partial charge in [0, 0.05) is 0 Å². The van der Waals surface area contributed by atoms with Gasteiger partial charge in [-0.2, -0.15) is 0 Å². The van der Waals surface area contributed by atoms with E-state index in [9.17, 15) is 25.2 Å². The fraction of sp³-hybridized carbons (Fsp3) is 0.949. The molecule has 0 aromatic heterocycles. The molecule has 65 heavy (non-hydrogen) atoms. The fourth-order valence-electron chi connectivity index (χ4n) is 9.59. The molecule has 0 fully saturated rings. The van der Waals surface area contributed by atoms with Crippen molar-refractivity contribution < 1.29 is 25.2 Å². The van der Waals surface area contributed by atoms with Crippen molar-refractivity contribution in [3.8, 4) is 0 Å². The van der Waals surface area contributed by atoms with Crippen LogP contribution < -0.4 is 5.32 Å². The number of aliphatic hydroxyl groups excluding tert-OH is 4. The average molecular weight is 921 g/mol. The third kappa shape index (κ3) is 47.9. The van der Waals surface area contributed by atoms with Gasteiger partial charge in [-0.05, 0) is 38.5 Å². The maximum absolute atomic E-state index is 12.6. The molecule has 0 radical (unpaired) electrons. The molecule has 0 aliphatic rings. The number of carbonyl (C=O) groups excluding carboxylic acids is 1. The Labute approximate surface area is 406 Å². The zero-order valence-electron chi connectivity index (χ0n) is 44.0. The number of amides is 1. The molecule has 4 unspecified atom stereocenters. The second kappa shape index (κ2) is 54.0. The molecule has 1 amide bonds. The highest BCUT2D eigenvalue weighted by Gasteiger charge is 2.28. The van der Waals surface area contributed by atoms with Crippen molar-refractivity contribution in [1.82, 2.24) is 5.32 Å². The first-order valence-corrected chi connectivity index (χ1v) is 29.6. The van der Waals surface area contributed by atoms with Gasteiger partial charge in [0.1, 0.15) is 12.2 Å². The molecule has 0 saturated carbocycles. The van der Waals surface area contributed by atoms with Gasteiger partial charge in [0.05, 0.1) is 18.8 Å². The summed E-state index contributed by atoms with van der Waals surface area (Å²) >= 11 is 0. The second-order valence-corrected chi connectivity index (χ2v) is 20.7. The van der Waals surface area contributed by atoms with E-state index in [1.54, 1.807) is 0 Å². The van der Waals surface area contributed by atoms with Crippen LogP contribution in [0, 0.1) is 0 Å². The smallest absolute Gasteiger partial charge is 0.249 e. The minimum Gasteiger partial charge on any atom is -0.394 e. The first-order valence-electron chi connectivity index (χ1n) is 29.6. The first-order chi connectivity index (χ1) is 32.0. The van der Waals surface area contributed by atoms with E-state index >= 15 is 0 Å². The molecule has 0 spiro atoms. The maximum atomic E-state index is 12.6. The zero-order valence-corrected chi connectivity index (χ0v) is 44.0. The summed E-state index contributed by atoms with van der Waals surface area (Å²) in [5.41, 5.74) is 0. The monoisotopic (exact) mass is 920 g/mol. The number of unbranched alkanes of at least 4 members (excludes halogenated alkanes) is 44. The lowest BCUT2D eigenvalue weighted by atomic mass is 10.00. The Bertz CT molecular complexity index is 944. The van der Waals surface area contributed by atoms with Gasteiger partial charge >= 0.3 is 0 Å². The van der Waals surface area contributed by atoms with Crippen LogP contribution >= 0.6 is 0 Å². The van der Waals surface area contributed by atoms with Crippen LogP contribution in [0.1, 0.15) is 328 Å². The molecule has 0 aromatic carbocycles. The van der Waals surface area contributed by atoms with Gasteiger partial charge in [-0.15, -0.1) is 0 Å². The average Bonchev–Trinajstić information content (AvgIpc) is 3.31. The van der Waals surface area contributed by atoms with Crippen LogP contribution in [0.5, 0.6) is 0 Å². The third-order valence-corrected chi connectivity index (χ3v) is 14.2. The van der Waals surface area contributed by atoms with Gasteiger partial charge < -0.3 is 25.7 Å². The molecule has 388 valence electrons.